The second kappa shape index (κ2) is 9.52. The highest BCUT2D eigenvalue weighted by molar-refractivity contribution is 6.30. The zero-order valence-corrected chi connectivity index (χ0v) is 17.4. The summed E-state index contributed by atoms with van der Waals surface area (Å²) in [7, 11) is 1.26. The van der Waals surface area contributed by atoms with Gasteiger partial charge in [-0.3, -0.25) is 14.4 Å². The number of ketones is 2. The first kappa shape index (κ1) is 22.4. The monoisotopic (exact) mass is 419 g/mol. The number of aromatic nitrogens is 1. The van der Waals surface area contributed by atoms with Gasteiger partial charge in [-0.2, -0.15) is 0 Å². The fourth-order valence-electron chi connectivity index (χ4n) is 2.91. The highest BCUT2D eigenvalue weighted by Gasteiger charge is 2.27. The van der Waals surface area contributed by atoms with Gasteiger partial charge in [-0.25, -0.2) is 4.79 Å². The van der Waals surface area contributed by atoms with E-state index in [9.17, 15) is 19.2 Å². The Morgan fingerprint density at radius 2 is 1.69 bits per heavy atom. The summed E-state index contributed by atoms with van der Waals surface area (Å²) >= 11 is 5.78. The number of esters is 2. The molecule has 1 atom stereocenters. The third kappa shape index (κ3) is 5.32. The molecule has 7 nitrogen and oxygen atoms in total. The number of carbonyl (C=O) groups is 4. The van der Waals surface area contributed by atoms with Gasteiger partial charge in [-0.05, 0) is 50.6 Å². The van der Waals surface area contributed by atoms with E-state index in [4.69, 9.17) is 21.1 Å². The molecular weight excluding hydrogens is 398 g/mol. The lowest BCUT2D eigenvalue weighted by Gasteiger charge is -2.12. The number of Topliss-reactive ketones (excluding diaryl/α,β-unsaturated/α-hetero) is 2. The van der Waals surface area contributed by atoms with E-state index in [2.05, 4.69) is 4.98 Å². The topological polar surface area (TPSA) is 103 Å². The van der Waals surface area contributed by atoms with Crippen LogP contribution in [0, 0.1) is 13.8 Å². The zero-order valence-electron chi connectivity index (χ0n) is 16.6. The van der Waals surface area contributed by atoms with Gasteiger partial charge in [0.15, 0.2) is 11.9 Å². The lowest BCUT2D eigenvalue weighted by Crippen LogP contribution is -2.25. The average Bonchev–Trinajstić information content (AvgIpc) is 2.99. The van der Waals surface area contributed by atoms with Crippen LogP contribution >= 0.6 is 11.6 Å². The molecule has 0 aliphatic rings. The van der Waals surface area contributed by atoms with Gasteiger partial charge in [0.05, 0.1) is 24.8 Å². The van der Waals surface area contributed by atoms with Gasteiger partial charge in [-0.1, -0.05) is 11.6 Å². The van der Waals surface area contributed by atoms with E-state index in [1.807, 2.05) is 0 Å². The van der Waals surface area contributed by atoms with Crippen LogP contribution in [-0.2, 0) is 14.3 Å². The number of hydrogen-bond donors (Lipinski definition) is 1. The van der Waals surface area contributed by atoms with Gasteiger partial charge in [0.25, 0.3) is 0 Å². The molecule has 1 heterocycles. The molecule has 0 fully saturated rings. The number of ether oxygens (including phenoxy) is 2. The number of rotatable bonds is 8. The summed E-state index contributed by atoms with van der Waals surface area (Å²) in [6.07, 6.45) is -1.28. The Hall–Kier alpha value is -2.93. The number of aromatic amines is 1. The molecule has 29 heavy (non-hydrogen) atoms. The van der Waals surface area contributed by atoms with Crippen molar-refractivity contribution in [1.82, 2.24) is 4.98 Å². The van der Waals surface area contributed by atoms with Crippen molar-refractivity contribution in [2.45, 2.75) is 39.7 Å². The first-order chi connectivity index (χ1) is 13.6. The smallest absolute Gasteiger partial charge is 0.339 e. The van der Waals surface area contributed by atoms with Gasteiger partial charge in [0.1, 0.15) is 0 Å². The van der Waals surface area contributed by atoms with Crippen LogP contribution in [0.1, 0.15) is 62.2 Å². The van der Waals surface area contributed by atoms with Crippen molar-refractivity contribution in [1.29, 1.82) is 0 Å². The van der Waals surface area contributed by atoms with Crippen LogP contribution in [0.15, 0.2) is 24.3 Å². The highest BCUT2D eigenvalue weighted by atomic mass is 35.5. The molecule has 0 radical (unpaired) electrons. The Morgan fingerprint density at radius 3 is 2.28 bits per heavy atom. The van der Waals surface area contributed by atoms with Gasteiger partial charge in [0.2, 0.25) is 5.78 Å². The number of hydrogen-bond acceptors (Lipinski definition) is 6. The molecular formula is C21H22ClNO6. The minimum Gasteiger partial charge on any atom is -0.465 e. The van der Waals surface area contributed by atoms with Crippen molar-refractivity contribution in [3.8, 4) is 0 Å². The predicted octanol–water partition coefficient (Wildman–Crippen LogP) is 3.85. The summed E-state index contributed by atoms with van der Waals surface area (Å²) in [5.41, 5.74) is 1.83. The predicted molar refractivity (Wildman–Crippen MR) is 107 cm³/mol. The second-order valence-electron chi connectivity index (χ2n) is 6.54. The number of methoxy groups -OCH3 is 1. The molecule has 1 aromatic carbocycles. The van der Waals surface area contributed by atoms with E-state index >= 15 is 0 Å². The van der Waals surface area contributed by atoms with E-state index in [-0.39, 0.29) is 29.9 Å². The molecule has 0 bridgehead atoms. The zero-order chi connectivity index (χ0) is 21.7. The number of nitrogens with one attached hydrogen (secondary N) is 1. The van der Waals surface area contributed by atoms with Crippen LogP contribution in [0.3, 0.4) is 0 Å². The van der Waals surface area contributed by atoms with Gasteiger partial charge in [0, 0.05) is 22.7 Å². The van der Waals surface area contributed by atoms with Crippen LogP contribution in [-0.4, -0.2) is 41.7 Å². The third-order valence-electron chi connectivity index (χ3n) is 4.47. The Bertz CT molecular complexity index is 945. The van der Waals surface area contributed by atoms with Crippen LogP contribution in [0.25, 0.3) is 0 Å². The molecule has 0 saturated heterocycles. The van der Waals surface area contributed by atoms with Crippen LogP contribution in [0.4, 0.5) is 0 Å². The summed E-state index contributed by atoms with van der Waals surface area (Å²) in [5, 5.41) is 0.513. The molecule has 0 aliphatic heterocycles. The van der Waals surface area contributed by atoms with E-state index in [1.165, 1.54) is 14.0 Å². The van der Waals surface area contributed by atoms with Crippen LogP contribution in [0.2, 0.25) is 5.02 Å². The normalized spacial score (nSPS) is 11.6. The molecule has 2 aromatic rings. The summed E-state index contributed by atoms with van der Waals surface area (Å²) in [6.45, 7) is 4.70. The Kier molecular flexibility index (Phi) is 7.34. The molecule has 0 unspecified atom stereocenters. The maximum absolute atomic E-state index is 12.6. The van der Waals surface area contributed by atoms with Crippen LogP contribution in [0.5, 0.6) is 0 Å². The SMILES string of the molecule is COC(=O)c1c(C)[nH]c(C(=O)[C@H](C)OC(=O)CCC(=O)c2ccc(Cl)cc2)c1C. The van der Waals surface area contributed by atoms with E-state index in [0.717, 1.165) is 0 Å². The quantitative estimate of drug-likeness (QED) is 0.515. The summed E-state index contributed by atoms with van der Waals surface area (Å²) < 4.78 is 9.88. The maximum atomic E-state index is 12.6. The largest absolute Gasteiger partial charge is 0.465 e. The highest BCUT2D eigenvalue weighted by Crippen LogP contribution is 2.21. The van der Waals surface area contributed by atoms with Crippen molar-refractivity contribution >= 4 is 35.1 Å². The van der Waals surface area contributed by atoms with E-state index in [0.29, 0.717) is 21.8 Å². The third-order valence-corrected chi connectivity index (χ3v) is 4.73. The Morgan fingerprint density at radius 1 is 1.07 bits per heavy atom. The molecule has 0 saturated carbocycles. The molecule has 154 valence electrons. The van der Waals surface area contributed by atoms with E-state index in [1.54, 1.807) is 38.1 Å². The lowest BCUT2D eigenvalue weighted by atomic mass is 10.1. The second-order valence-corrected chi connectivity index (χ2v) is 6.98. The average molecular weight is 420 g/mol. The van der Waals surface area contributed by atoms with Crippen molar-refractivity contribution in [2.24, 2.45) is 0 Å². The summed E-state index contributed by atoms with van der Waals surface area (Å²) in [6, 6.07) is 6.35. The molecule has 1 N–H and O–H groups in total. The van der Waals surface area contributed by atoms with Gasteiger partial charge >= 0.3 is 11.9 Å². The molecule has 1 aromatic heterocycles. The standard InChI is InChI=1S/C21H22ClNO6/c1-11-18(21(27)28-4)12(2)23-19(11)20(26)13(3)29-17(25)10-9-16(24)14-5-7-15(22)8-6-14/h5-8,13,23H,9-10H2,1-4H3/t13-/m0/s1. The molecule has 0 aliphatic carbocycles. The maximum Gasteiger partial charge on any atom is 0.339 e. The Balaban J connectivity index is 1.97. The lowest BCUT2D eigenvalue weighted by molar-refractivity contribution is -0.146. The fourth-order valence-corrected chi connectivity index (χ4v) is 3.04. The van der Waals surface area contributed by atoms with Gasteiger partial charge < -0.3 is 14.5 Å². The molecule has 0 amide bonds. The number of carbonyl (C=O) groups excluding carboxylic acids is 4. The number of benzene rings is 1. The minimum absolute atomic E-state index is 0.0471. The number of aryl methyl sites for hydroxylation is 1. The minimum atomic E-state index is -1.07. The first-order valence-corrected chi connectivity index (χ1v) is 9.33. The number of halogens is 1. The summed E-state index contributed by atoms with van der Waals surface area (Å²) in [5.74, 6) is -1.92. The van der Waals surface area contributed by atoms with Crippen molar-refractivity contribution in [2.75, 3.05) is 7.11 Å². The molecule has 2 rings (SSSR count). The number of H-pyrrole nitrogens is 1. The fraction of sp³-hybridized carbons (Fsp3) is 0.333. The van der Waals surface area contributed by atoms with Crippen molar-refractivity contribution in [3.05, 3.63) is 57.4 Å². The Labute approximate surface area is 173 Å². The van der Waals surface area contributed by atoms with Crippen LogP contribution < -0.4 is 0 Å². The van der Waals surface area contributed by atoms with Crippen molar-refractivity contribution < 1.29 is 28.7 Å². The van der Waals surface area contributed by atoms with Crippen molar-refractivity contribution in [3.63, 3.8) is 0 Å². The molecule has 8 heteroatoms. The molecule has 0 spiro atoms. The summed E-state index contributed by atoms with van der Waals surface area (Å²) in [4.78, 5) is 51.5. The van der Waals surface area contributed by atoms with Gasteiger partial charge in [-0.15, -0.1) is 0 Å². The van der Waals surface area contributed by atoms with E-state index < -0.39 is 23.8 Å². The first-order valence-electron chi connectivity index (χ1n) is 8.95.